The Labute approximate surface area is 133 Å². The van der Waals surface area contributed by atoms with Crippen LogP contribution in [0.15, 0.2) is 23.1 Å². The van der Waals surface area contributed by atoms with Gasteiger partial charge >= 0.3 is 0 Å². The van der Waals surface area contributed by atoms with E-state index < -0.39 is 10.8 Å². The first-order valence-electron chi connectivity index (χ1n) is 7.12. The number of hydrogen-bond acceptors (Lipinski definition) is 2. The second kappa shape index (κ2) is 7.26. The van der Waals surface area contributed by atoms with Crippen molar-refractivity contribution in [1.82, 2.24) is 5.32 Å². The topological polar surface area (TPSA) is 29.1 Å². The summed E-state index contributed by atoms with van der Waals surface area (Å²) >= 11 is 12.0. The third-order valence-corrected chi connectivity index (χ3v) is 6.45. The van der Waals surface area contributed by atoms with Crippen molar-refractivity contribution >= 4 is 34.0 Å². The SMILES string of the molecule is CCNC1CCC(C)CC1S(=O)c1ccc(Cl)c(Cl)c1. The van der Waals surface area contributed by atoms with Gasteiger partial charge in [0.05, 0.1) is 26.1 Å². The number of hydrogen-bond donors (Lipinski definition) is 1. The third kappa shape index (κ3) is 3.76. The molecule has 1 aliphatic rings. The Morgan fingerprint density at radius 1 is 1.30 bits per heavy atom. The molecule has 2 nitrogen and oxygen atoms in total. The van der Waals surface area contributed by atoms with Crippen LogP contribution in [0.2, 0.25) is 10.0 Å². The van der Waals surface area contributed by atoms with Crippen molar-refractivity contribution < 1.29 is 4.21 Å². The normalized spacial score (nSPS) is 28.3. The molecule has 1 aliphatic carbocycles. The zero-order valence-corrected chi connectivity index (χ0v) is 14.2. The summed E-state index contributed by atoms with van der Waals surface area (Å²) in [7, 11) is -1.05. The molecule has 112 valence electrons. The van der Waals surface area contributed by atoms with Gasteiger partial charge in [-0.3, -0.25) is 4.21 Å². The molecule has 0 aliphatic heterocycles. The van der Waals surface area contributed by atoms with Crippen LogP contribution in [0.3, 0.4) is 0 Å². The fourth-order valence-electron chi connectivity index (χ4n) is 2.84. The first kappa shape index (κ1) is 16.3. The van der Waals surface area contributed by atoms with Crippen LogP contribution in [0.1, 0.15) is 33.1 Å². The van der Waals surface area contributed by atoms with Crippen LogP contribution in [-0.2, 0) is 10.8 Å². The molecule has 2 rings (SSSR count). The Morgan fingerprint density at radius 2 is 2.05 bits per heavy atom. The highest BCUT2D eigenvalue weighted by molar-refractivity contribution is 7.85. The molecule has 1 saturated carbocycles. The van der Waals surface area contributed by atoms with Crippen LogP contribution in [0.4, 0.5) is 0 Å². The van der Waals surface area contributed by atoms with E-state index in [2.05, 4.69) is 19.2 Å². The van der Waals surface area contributed by atoms with Gasteiger partial charge in [0.15, 0.2) is 0 Å². The van der Waals surface area contributed by atoms with Gasteiger partial charge in [-0.15, -0.1) is 0 Å². The number of benzene rings is 1. The van der Waals surface area contributed by atoms with E-state index in [1.54, 1.807) is 12.1 Å². The standard InChI is InChI=1S/C15H21Cl2NOS/c1-3-18-14-7-4-10(2)8-15(14)20(19)11-5-6-12(16)13(17)9-11/h5-6,9-10,14-15,18H,3-4,7-8H2,1-2H3. The van der Waals surface area contributed by atoms with Crippen LogP contribution in [0.25, 0.3) is 0 Å². The average Bonchev–Trinajstić information content (AvgIpc) is 2.43. The van der Waals surface area contributed by atoms with Crippen LogP contribution in [0, 0.1) is 5.92 Å². The van der Waals surface area contributed by atoms with E-state index in [4.69, 9.17) is 23.2 Å². The summed E-state index contributed by atoms with van der Waals surface area (Å²) in [6.07, 6.45) is 3.28. The van der Waals surface area contributed by atoms with Crippen molar-refractivity contribution in [3.05, 3.63) is 28.2 Å². The van der Waals surface area contributed by atoms with E-state index in [-0.39, 0.29) is 5.25 Å². The van der Waals surface area contributed by atoms with E-state index in [9.17, 15) is 4.21 Å². The first-order chi connectivity index (χ1) is 9.52. The minimum absolute atomic E-state index is 0.149. The summed E-state index contributed by atoms with van der Waals surface area (Å²) in [6, 6.07) is 5.62. The highest BCUT2D eigenvalue weighted by Gasteiger charge is 2.33. The zero-order chi connectivity index (χ0) is 14.7. The monoisotopic (exact) mass is 333 g/mol. The van der Waals surface area contributed by atoms with Gasteiger partial charge < -0.3 is 5.32 Å². The van der Waals surface area contributed by atoms with E-state index in [0.29, 0.717) is 22.0 Å². The van der Waals surface area contributed by atoms with Crippen molar-refractivity contribution in [2.75, 3.05) is 6.54 Å². The van der Waals surface area contributed by atoms with Gasteiger partial charge in [-0.05, 0) is 49.9 Å². The van der Waals surface area contributed by atoms with Gasteiger partial charge in [-0.2, -0.15) is 0 Å². The minimum atomic E-state index is -1.05. The van der Waals surface area contributed by atoms with Gasteiger partial charge in [0.25, 0.3) is 0 Å². The van der Waals surface area contributed by atoms with Gasteiger partial charge in [-0.25, -0.2) is 0 Å². The van der Waals surface area contributed by atoms with E-state index in [1.165, 1.54) is 6.42 Å². The molecule has 0 bridgehead atoms. The third-order valence-electron chi connectivity index (χ3n) is 3.92. The Morgan fingerprint density at radius 3 is 2.70 bits per heavy atom. The van der Waals surface area contributed by atoms with E-state index in [1.807, 2.05) is 6.07 Å². The molecule has 0 amide bonds. The Balaban J connectivity index is 2.21. The Bertz CT molecular complexity index is 495. The second-order valence-corrected chi connectivity index (χ2v) is 7.98. The van der Waals surface area contributed by atoms with Crippen LogP contribution in [-0.4, -0.2) is 22.0 Å². The summed E-state index contributed by atoms with van der Waals surface area (Å²) in [4.78, 5) is 0.779. The average molecular weight is 334 g/mol. The molecule has 0 spiro atoms. The van der Waals surface area contributed by atoms with Crippen LogP contribution in [0.5, 0.6) is 0 Å². The molecule has 1 fully saturated rings. The largest absolute Gasteiger partial charge is 0.313 e. The van der Waals surface area contributed by atoms with Crippen molar-refractivity contribution in [3.63, 3.8) is 0 Å². The van der Waals surface area contributed by atoms with E-state index >= 15 is 0 Å². The van der Waals surface area contributed by atoms with Crippen LogP contribution >= 0.6 is 23.2 Å². The molecule has 5 heteroatoms. The Hall–Kier alpha value is -0.0900. The quantitative estimate of drug-likeness (QED) is 0.891. The molecule has 1 aromatic carbocycles. The lowest BCUT2D eigenvalue weighted by Crippen LogP contribution is -2.45. The summed E-state index contributed by atoms with van der Waals surface area (Å²) in [5.74, 6) is 0.627. The maximum absolute atomic E-state index is 12.9. The number of rotatable bonds is 4. The predicted molar refractivity (Wildman–Crippen MR) is 87.1 cm³/mol. The maximum Gasteiger partial charge on any atom is 0.0604 e. The lowest BCUT2D eigenvalue weighted by Gasteiger charge is -2.34. The molecular formula is C15H21Cl2NOS. The van der Waals surface area contributed by atoms with Crippen molar-refractivity contribution in [2.45, 2.75) is 49.3 Å². The molecule has 1 aromatic rings. The summed E-state index contributed by atoms with van der Waals surface area (Å²) in [5, 5.41) is 4.61. The molecule has 1 N–H and O–H groups in total. The highest BCUT2D eigenvalue weighted by atomic mass is 35.5. The van der Waals surface area contributed by atoms with Gasteiger partial charge in [0.1, 0.15) is 0 Å². The van der Waals surface area contributed by atoms with Crippen molar-refractivity contribution in [1.29, 1.82) is 0 Å². The highest BCUT2D eigenvalue weighted by Crippen LogP contribution is 2.32. The molecular weight excluding hydrogens is 313 g/mol. The van der Waals surface area contributed by atoms with Gasteiger partial charge in [0, 0.05) is 10.9 Å². The number of halogens is 2. The molecule has 4 unspecified atom stereocenters. The molecule has 4 atom stereocenters. The van der Waals surface area contributed by atoms with Gasteiger partial charge in [0.2, 0.25) is 0 Å². The van der Waals surface area contributed by atoms with E-state index in [0.717, 1.165) is 24.3 Å². The second-order valence-electron chi connectivity index (χ2n) is 5.49. The van der Waals surface area contributed by atoms with Crippen LogP contribution < -0.4 is 5.32 Å². The summed E-state index contributed by atoms with van der Waals surface area (Å²) < 4.78 is 12.9. The molecule has 20 heavy (non-hydrogen) atoms. The molecule has 0 aromatic heterocycles. The summed E-state index contributed by atoms with van der Waals surface area (Å²) in [6.45, 7) is 5.24. The fraction of sp³-hybridized carbons (Fsp3) is 0.600. The lowest BCUT2D eigenvalue weighted by molar-refractivity contribution is 0.316. The van der Waals surface area contributed by atoms with Crippen molar-refractivity contribution in [3.8, 4) is 0 Å². The first-order valence-corrected chi connectivity index (χ1v) is 9.08. The molecule has 0 radical (unpaired) electrons. The zero-order valence-electron chi connectivity index (χ0n) is 11.9. The molecule has 0 heterocycles. The minimum Gasteiger partial charge on any atom is -0.313 e. The summed E-state index contributed by atoms with van der Waals surface area (Å²) in [5.41, 5.74) is 0. The maximum atomic E-state index is 12.9. The molecule has 0 saturated heterocycles. The van der Waals surface area contributed by atoms with Crippen molar-refractivity contribution in [2.24, 2.45) is 5.92 Å². The fourth-order valence-corrected chi connectivity index (χ4v) is 5.02. The number of nitrogens with one attached hydrogen (secondary N) is 1. The smallest absolute Gasteiger partial charge is 0.0604 e. The Kier molecular flexibility index (Phi) is 5.91. The lowest BCUT2D eigenvalue weighted by atomic mass is 9.87. The van der Waals surface area contributed by atoms with Gasteiger partial charge in [-0.1, -0.05) is 37.0 Å². The predicted octanol–water partition coefficient (Wildman–Crippen LogP) is 4.27.